The molecule has 5 aromatic rings. The van der Waals surface area contributed by atoms with Crippen LogP contribution in [0, 0.1) is 12.3 Å². The number of fused-ring (bicyclic) bond motifs is 2. The largest absolute Gasteiger partial charge is 0.374 e. The Bertz CT molecular complexity index is 2020. The zero-order valence-electron chi connectivity index (χ0n) is 22.5. The van der Waals surface area contributed by atoms with Gasteiger partial charge in [-0.25, -0.2) is 4.98 Å². The first kappa shape index (κ1) is 26.3. The van der Waals surface area contributed by atoms with Gasteiger partial charge < -0.3 is 14.2 Å². The standard InChI is InChI=1S/C29H22ClN3O2.C6H4/c1-4-19-7-5-6-8-23(19)24-16-28(34)33(3)26-14-11-21(15-25(24)26)29(35,27-17-31-18-32(27)2)20-9-12-22(30)13-10-20;1-2-5-4-6(5)3-1/h1,5-18,35H,2-3H3;1-4H. The summed E-state index contributed by atoms with van der Waals surface area (Å²) >= 11 is 6.14. The monoisotopic (exact) mass is 555 g/mol. The van der Waals surface area contributed by atoms with Crippen LogP contribution < -0.4 is 5.56 Å². The molecule has 0 bridgehead atoms. The van der Waals surface area contributed by atoms with Gasteiger partial charge in [0.05, 0.1) is 23.7 Å². The zero-order chi connectivity index (χ0) is 28.7. The second-order valence-corrected chi connectivity index (χ2v) is 10.5. The summed E-state index contributed by atoms with van der Waals surface area (Å²) in [5, 5.41) is 13.7. The number of imidazole rings is 1. The summed E-state index contributed by atoms with van der Waals surface area (Å²) in [6, 6.07) is 30.3. The predicted octanol–water partition coefficient (Wildman–Crippen LogP) is 6.52. The normalized spacial score (nSPS) is 12.7. The molecule has 7 rings (SSSR count). The number of hydrogen-bond donors (Lipinski definition) is 1. The fourth-order valence-corrected chi connectivity index (χ4v) is 5.41. The number of aromatic nitrogens is 3. The molecule has 200 valence electrons. The molecule has 41 heavy (non-hydrogen) atoms. The molecule has 0 amide bonds. The van der Waals surface area contributed by atoms with Crippen LogP contribution in [0.5, 0.6) is 0 Å². The minimum absolute atomic E-state index is 0.147. The first-order chi connectivity index (χ1) is 19.8. The lowest BCUT2D eigenvalue weighted by molar-refractivity contribution is 0.117. The van der Waals surface area contributed by atoms with E-state index in [1.807, 2.05) is 49.5 Å². The Kier molecular flexibility index (Phi) is 6.59. The third-order valence-electron chi connectivity index (χ3n) is 7.60. The van der Waals surface area contributed by atoms with Crippen LogP contribution >= 0.6 is 11.6 Å². The molecule has 3 aromatic carbocycles. The lowest BCUT2D eigenvalue weighted by Crippen LogP contribution is -2.31. The van der Waals surface area contributed by atoms with Crippen LogP contribution in [-0.4, -0.2) is 19.2 Å². The molecule has 2 aliphatic rings. The van der Waals surface area contributed by atoms with E-state index in [1.54, 1.807) is 59.0 Å². The van der Waals surface area contributed by atoms with E-state index in [9.17, 15) is 9.90 Å². The van der Waals surface area contributed by atoms with E-state index in [0.717, 1.165) is 16.5 Å². The van der Waals surface area contributed by atoms with Crippen LogP contribution in [0.25, 0.3) is 33.2 Å². The lowest BCUT2D eigenvalue weighted by Gasteiger charge is -2.30. The van der Waals surface area contributed by atoms with Crippen molar-refractivity contribution in [1.82, 2.24) is 14.1 Å². The number of hydrogen-bond acceptors (Lipinski definition) is 3. The first-order valence-electron chi connectivity index (χ1n) is 13.1. The van der Waals surface area contributed by atoms with Crippen molar-refractivity contribution in [2.45, 2.75) is 5.60 Å². The minimum atomic E-state index is -1.53. The molecule has 0 fully saturated rings. The average molecular weight is 556 g/mol. The zero-order valence-corrected chi connectivity index (χ0v) is 23.3. The van der Waals surface area contributed by atoms with Crippen LogP contribution in [0.3, 0.4) is 0 Å². The van der Waals surface area contributed by atoms with Crippen molar-refractivity contribution < 1.29 is 5.11 Å². The highest BCUT2D eigenvalue weighted by Crippen LogP contribution is 2.39. The summed E-state index contributed by atoms with van der Waals surface area (Å²) in [6.07, 6.45) is 9.07. The van der Waals surface area contributed by atoms with Crippen molar-refractivity contribution in [3.05, 3.63) is 147 Å². The van der Waals surface area contributed by atoms with E-state index in [2.05, 4.69) is 35.2 Å². The third-order valence-corrected chi connectivity index (χ3v) is 7.85. The van der Waals surface area contributed by atoms with Gasteiger partial charge in [0.25, 0.3) is 5.56 Å². The number of aryl methyl sites for hydroxylation is 2. The van der Waals surface area contributed by atoms with Crippen LogP contribution in [0.2, 0.25) is 5.02 Å². The maximum atomic E-state index is 12.8. The second-order valence-electron chi connectivity index (χ2n) is 10.1. The molecule has 0 saturated heterocycles. The smallest absolute Gasteiger partial charge is 0.251 e. The van der Waals surface area contributed by atoms with Gasteiger partial charge >= 0.3 is 0 Å². The van der Waals surface area contributed by atoms with Crippen molar-refractivity contribution in [3.8, 4) is 34.6 Å². The van der Waals surface area contributed by atoms with Crippen LogP contribution in [0.1, 0.15) is 22.4 Å². The quantitative estimate of drug-likeness (QED) is 0.251. The summed E-state index contributed by atoms with van der Waals surface area (Å²) in [5.41, 5.74) is 5.94. The summed E-state index contributed by atoms with van der Waals surface area (Å²) < 4.78 is 3.38. The summed E-state index contributed by atoms with van der Waals surface area (Å²) in [7, 11) is 3.57. The molecule has 0 saturated carbocycles. The Balaban J connectivity index is 0.000000440. The molecule has 5 nitrogen and oxygen atoms in total. The highest BCUT2D eigenvalue weighted by molar-refractivity contribution is 6.30. The van der Waals surface area contributed by atoms with E-state index < -0.39 is 5.60 Å². The van der Waals surface area contributed by atoms with Gasteiger partial charge in [-0.3, -0.25) is 4.79 Å². The maximum absolute atomic E-state index is 12.8. The average Bonchev–Trinajstić information content (AvgIpc) is 3.34. The third kappa shape index (κ3) is 4.64. The van der Waals surface area contributed by atoms with Crippen molar-refractivity contribution in [3.63, 3.8) is 0 Å². The summed E-state index contributed by atoms with van der Waals surface area (Å²) in [6.45, 7) is 0. The van der Waals surface area contributed by atoms with Gasteiger partial charge in [-0.15, -0.1) is 6.42 Å². The van der Waals surface area contributed by atoms with Crippen molar-refractivity contribution >= 4 is 22.5 Å². The van der Waals surface area contributed by atoms with Crippen molar-refractivity contribution in [1.29, 1.82) is 0 Å². The molecule has 1 atom stereocenters. The van der Waals surface area contributed by atoms with E-state index in [4.69, 9.17) is 18.0 Å². The number of benzene rings is 4. The SMILES string of the molecule is C#Cc1ccccc1-c1cc(=O)n(C)c2ccc(C(O)(c3ccc(Cl)cc3)c3cncn3C)cc12.c1cc2cc-2c1. The van der Waals surface area contributed by atoms with E-state index in [-0.39, 0.29) is 5.56 Å². The first-order valence-corrected chi connectivity index (χ1v) is 13.4. The fraction of sp³-hybridized carbons (Fsp3) is 0.0857. The topological polar surface area (TPSA) is 60.1 Å². The number of halogens is 1. The summed E-state index contributed by atoms with van der Waals surface area (Å²) in [4.78, 5) is 17.1. The minimum Gasteiger partial charge on any atom is -0.374 e. The lowest BCUT2D eigenvalue weighted by atomic mass is 9.82. The molecule has 1 N–H and O–H groups in total. The molecule has 6 heteroatoms. The Morgan fingerprint density at radius 3 is 2.17 bits per heavy atom. The number of rotatable bonds is 4. The number of nitrogens with zero attached hydrogens (tertiary/aromatic N) is 3. The van der Waals surface area contributed by atoms with Crippen LogP contribution in [0.15, 0.2) is 114 Å². The number of terminal acetylenes is 1. The van der Waals surface area contributed by atoms with Gasteiger partial charge in [0.1, 0.15) is 0 Å². The molecular formula is C35H26ClN3O2. The summed E-state index contributed by atoms with van der Waals surface area (Å²) in [5.74, 6) is 2.72. The predicted molar refractivity (Wildman–Crippen MR) is 165 cm³/mol. The molecule has 0 aliphatic heterocycles. The van der Waals surface area contributed by atoms with Gasteiger partial charge in [0.2, 0.25) is 0 Å². The van der Waals surface area contributed by atoms with Crippen molar-refractivity contribution in [2.24, 2.45) is 14.1 Å². The van der Waals surface area contributed by atoms with Gasteiger partial charge in [0.15, 0.2) is 5.60 Å². The Labute approximate surface area is 242 Å². The van der Waals surface area contributed by atoms with E-state index in [1.165, 1.54) is 11.1 Å². The maximum Gasteiger partial charge on any atom is 0.251 e. The van der Waals surface area contributed by atoms with Gasteiger partial charge in [-0.2, -0.15) is 0 Å². The Hall–Kier alpha value is -4.89. The highest BCUT2D eigenvalue weighted by atomic mass is 35.5. The molecular weight excluding hydrogens is 530 g/mol. The van der Waals surface area contributed by atoms with Crippen molar-refractivity contribution in [2.75, 3.05) is 0 Å². The van der Waals surface area contributed by atoms with Gasteiger partial charge in [-0.05, 0) is 69.8 Å². The fourth-order valence-electron chi connectivity index (χ4n) is 5.29. The molecule has 0 spiro atoms. The number of aliphatic hydroxyl groups is 1. The molecule has 1 unspecified atom stereocenters. The van der Waals surface area contributed by atoms with Gasteiger partial charge in [0, 0.05) is 36.1 Å². The molecule has 2 aliphatic carbocycles. The molecule has 0 radical (unpaired) electrons. The molecule has 2 aromatic heterocycles. The highest BCUT2D eigenvalue weighted by Gasteiger charge is 2.37. The van der Waals surface area contributed by atoms with Crippen LogP contribution in [0.4, 0.5) is 0 Å². The van der Waals surface area contributed by atoms with E-state index >= 15 is 0 Å². The van der Waals surface area contributed by atoms with Gasteiger partial charge in [-0.1, -0.05) is 72.1 Å². The number of pyridine rings is 1. The Morgan fingerprint density at radius 2 is 1.56 bits per heavy atom. The molecule has 2 heterocycles. The Morgan fingerprint density at radius 1 is 0.854 bits per heavy atom. The van der Waals surface area contributed by atoms with Crippen LogP contribution in [-0.2, 0) is 19.7 Å². The second kappa shape index (κ2) is 10.3. The van der Waals surface area contributed by atoms with E-state index in [0.29, 0.717) is 33.0 Å².